The van der Waals surface area contributed by atoms with Crippen molar-refractivity contribution < 1.29 is 14.3 Å². The molecule has 1 aliphatic carbocycles. The molecule has 0 saturated heterocycles. The van der Waals surface area contributed by atoms with E-state index < -0.39 is 0 Å². The molecule has 0 unspecified atom stereocenters. The third-order valence-electron chi connectivity index (χ3n) is 5.96. The van der Waals surface area contributed by atoms with Gasteiger partial charge in [0.15, 0.2) is 12.4 Å². The van der Waals surface area contributed by atoms with E-state index in [0.717, 1.165) is 6.42 Å². The summed E-state index contributed by atoms with van der Waals surface area (Å²) in [6.45, 7) is 0.516. The lowest BCUT2D eigenvalue weighted by atomic mass is 9.78. The first-order chi connectivity index (χ1) is 12.8. The fourth-order valence-electron chi connectivity index (χ4n) is 4.15. The summed E-state index contributed by atoms with van der Waals surface area (Å²) in [5.74, 6) is 0.0292. The minimum atomic E-state index is -0.221. The third kappa shape index (κ3) is 4.06. The first kappa shape index (κ1) is 20.0. The molecule has 1 aromatic rings. The Bertz CT molecular complexity index is 729. The zero-order valence-electron chi connectivity index (χ0n) is 16.3. The summed E-state index contributed by atoms with van der Waals surface area (Å²) < 4.78 is 5.55. The molecule has 3 rings (SSSR count). The van der Waals surface area contributed by atoms with Crippen molar-refractivity contribution >= 4 is 29.1 Å². The van der Waals surface area contributed by atoms with Crippen LogP contribution in [0.1, 0.15) is 48.9 Å². The van der Waals surface area contributed by atoms with Gasteiger partial charge in [0.05, 0.1) is 11.3 Å². The number of hydrogen-bond donors (Lipinski definition) is 1. The molecule has 0 atom stereocenters. The molecular formula is C20H28ClN3O3. The Hall–Kier alpha value is -1.79. The van der Waals surface area contributed by atoms with E-state index in [0.29, 0.717) is 28.6 Å². The molecule has 148 valence electrons. The quantitative estimate of drug-likeness (QED) is 0.835. The summed E-state index contributed by atoms with van der Waals surface area (Å²) in [4.78, 5) is 28.4. The highest BCUT2D eigenvalue weighted by molar-refractivity contribution is 6.31. The van der Waals surface area contributed by atoms with E-state index in [1.165, 1.54) is 37.0 Å². The minimum Gasteiger partial charge on any atom is -0.481 e. The molecule has 1 fully saturated rings. The normalized spacial score (nSPS) is 18.9. The van der Waals surface area contributed by atoms with Crippen LogP contribution >= 0.6 is 11.6 Å². The molecule has 0 spiro atoms. The zero-order valence-corrected chi connectivity index (χ0v) is 17.1. The minimum absolute atomic E-state index is 0.0743. The van der Waals surface area contributed by atoms with Crippen molar-refractivity contribution in [1.82, 2.24) is 10.2 Å². The smallest absolute Gasteiger partial charge is 0.264 e. The predicted molar refractivity (Wildman–Crippen MR) is 107 cm³/mol. The van der Waals surface area contributed by atoms with Gasteiger partial charge < -0.3 is 19.9 Å². The number of nitrogens with zero attached hydrogens (tertiary/aromatic N) is 2. The van der Waals surface area contributed by atoms with Gasteiger partial charge >= 0.3 is 0 Å². The van der Waals surface area contributed by atoms with Crippen LogP contribution in [0.3, 0.4) is 0 Å². The summed E-state index contributed by atoms with van der Waals surface area (Å²) in [5.41, 5.74) is 1.06. The number of carbonyl (C=O) groups excluding carboxylic acids is 2. The molecule has 0 radical (unpaired) electrons. The van der Waals surface area contributed by atoms with Gasteiger partial charge in [-0.25, -0.2) is 0 Å². The number of halogens is 1. The van der Waals surface area contributed by atoms with Crippen LogP contribution in [0.15, 0.2) is 12.1 Å². The van der Waals surface area contributed by atoms with Crippen LogP contribution in [0.25, 0.3) is 0 Å². The summed E-state index contributed by atoms with van der Waals surface area (Å²) in [6.07, 6.45) is 7.01. The number of hydrogen-bond acceptors (Lipinski definition) is 4. The van der Waals surface area contributed by atoms with Crippen LogP contribution in [0, 0.1) is 0 Å². The topological polar surface area (TPSA) is 61.9 Å². The van der Waals surface area contributed by atoms with E-state index in [-0.39, 0.29) is 24.0 Å². The maximum absolute atomic E-state index is 12.8. The Morgan fingerprint density at radius 2 is 2.00 bits per heavy atom. The van der Waals surface area contributed by atoms with Gasteiger partial charge in [-0.1, -0.05) is 30.9 Å². The lowest BCUT2D eigenvalue weighted by Crippen LogP contribution is -2.48. The Labute approximate surface area is 165 Å². The van der Waals surface area contributed by atoms with E-state index in [9.17, 15) is 9.59 Å². The monoisotopic (exact) mass is 393 g/mol. The van der Waals surface area contributed by atoms with Crippen LogP contribution < -0.4 is 15.0 Å². The van der Waals surface area contributed by atoms with Gasteiger partial charge in [-0.15, -0.1) is 0 Å². The van der Waals surface area contributed by atoms with Crippen molar-refractivity contribution in [2.75, 3.05) is 39.2 Å². The number of rotatable bonds is 5. The molecule has 2 aliphatic rings. The number of ether oxygens (including phenoxy) is 1. The fraction of sp³-hybridized carbons (Fsp3) is 0.600. The molecule has 6 nitrogen and oxygen atoms in total. The van der Waals surface area contributed by atoms with Crippen LogP contribution in [0.2, 0.25) is 5.02 Å². The largest absolute Gasteiger partial charge is 0.481 e. The first-order valence-electron chi connectivity index (χ1n) is 9.52. The van der Waals surface area contributed by atoms with Gasteiger partial charge in [0.1, 0.15) is 0 Å². The summed E-state index contributed by atoms with van der Waals surface area (Å²) >= 11 is 6.18. The number of benzene rings is 1. The summed E-state index contributed by atoms with van der Waals surface area (Å²) in [5, 5.41) is 3.43. The maximum atomic E-state index is 12.8. The number of anilines is 1. The van der Waals surface area contributed by atoms with Crippen LogP contribution in [0.5, 0.6) is 5.75 Å². The van der Waals surface area contributed by atoms with E-state index >= 15 is 0 Å². The van der Waals surface area contributed by atoms with Gasteiger partial charge in [-0.05, 0) is 45.5 Å². The number of fused-ring (bicyclic) bond motifs is 1. The maximum Gasteiger partial charge on any atom is 0.264 e. The Morgan fingerprint density at radius 1 is 1.30 bits per heavy atom. The molecule has 1 aliphatic heterocycles. The van der Waals surface area contributed by atoms with Crippen LogP contribution in [-0.2, 0) is 4.79 Å². The second kappa shape index (κ2) is 8.07. The number of nitrogens with one attached hydrogen (secondary N) is 1. The summed E-state index contributed by atoms with van der Waals surface area (Å²) in [6, 6.07) is 3.25. The molecule has 0 aromatic heterocycles. The molecule has 27 heavy (non-hydrogen) atoms. The molecule has 1 heterocycles. The average molecular weight is 394 g/mol. The molecule has 1 saturated carbocycles. The van der Waals surface area contributed by atoms with E-state index in [1.807, 2.05) is 0 Å². The van der Waals surface area contributed by atoms with E-state index in [1.54, 1.807) is 19.2 Å². The standard InChI is InChI=1S/C20H28ClN3O3/c1-23(2)20(7-5-4-6-8-20)9-10-22-19(26)15-11-14(21)12-16-18(15)27-13-17(25)24(16)3/h11-12H,4-10,13H2,1-3H3,(H,22,26). The predicted octanol–water partition coefficient (Wildman–Crippen LogP) is 3.08. The molecule has 0 bridgehead atoms. The van der Waals surface area contributed by atoms with Crippen molar-refractivity contribution in [1.29, 1.82) is 0 Å². The summed E-state index contributed by atoms with van der Waals surface area (Å²) in [7, 11) is 5.91. The SMILES string of the molecule is CN1C(=O)COc2c(C(=O)NCCC3(N(C)C)CCCCC3)cc(Cl)cc21. The lowest BCUT2D eigenvalue weighted by Gasteiger charge is -2.43. The van der Waals surface area contributed by atoms with E-state index in [4.69, 9.17) is 16.3 Å². The van der Waals surface area contributed by atoms with Gasteiger partial charge in [-0.3, -0.25) is 9.59 Å². The van der Waals surface area contributed by atoms with Crippen molar-refractivity contribution in [3.05, 3.63) is 22.7 Å². The number of carbonyl (C=O) groups is 2. The number of likely N-dealkylation sites (N-methyl/N-ethyl adjacent to an activating group) is 1. The highest BCUT2D eigenvalue weighted by Gasteiger charge is 2.34. The second-order valence-corrected chi connectivity index (χ2v) is 8.16. The molecule has 7 heteroatoms. The Balaban J connectivity index is 1.72. The molecule has 2 amide bonds. The third-order valence-corrected chi connectivity index (χ3v) is 6.18. The van der Waals surface area contributed by atoms with Crippen molar-refractivity contribution in [3.8, 4) is 5.75 Å². The number of amides is 2. The van der Waals surface area contributed by atoms with Gasteiger partial charge in [0.25, 0.3) is 11.8 Å². The first-order valence-corrected chi connectivity index (χ1v) is 9.90. The molecular weight excluding hydrogens is 366 g/mol. The second-order valence-electron chi connectivity index (χ2n) is 7.73. The van der Waals surface area contributed by atoms with Crippen molar-refractivity contribution in [3.63, 3.8) is 0 Å². The zero-order chi connectivity index (χ0) is 19.6. The van der Waals surface area contributed by atoms with Gasteiger partial charge in [0.2, 0.25) is 0 Å². The van der Waals surface area contributed by atoms with Crippen LogP contribution in [-0.4, -0.2) is 56.5 Å². The highest BCUT2D eigenvalue weighted by Crippen LogP contribution is 2.38. The van der Waals surface area contributed by atoms with Crippen molar-refractivity contribution in [2.24, 2.45) is 0 Å². The van der Waals surface area contributed by atoms with Crippen molar-refractivity contribution in [2.45, 2.75) is 44.1 Å². The van der Waals surface area contributed by atoms with Gasteiger partial charge in [0, 0.05) is 24.2 Å². The Kier molecular flexibility index (Phi) is 5.96. The lowest BCUT2D eigenvalue weighted by molar-refractivity contribution is -0.121. The average Bonchev–Trinajstić information content (AvgIpc) is 2.65. The Morgan fingerprint density at radius 3 is 2.67 bits per heavy atom. The van der Waals surface area contributed by atoms with E-state index in [2.05, 4.69) is 24.3 Å². The van der Waals surface area contributed by atoms with Crippen LogP contribution in [0.4, 0.5) is 5.69 Å². The highest BCUT2D eigenvalue weighted by atomic mass is 35.5. The van der Waals surface area contributed by atoms with Gasteiger partial charge in [-0.2, -0.15) is 0 Å². The molecule has 1 N–H and O–H groups in total. The molecule has 1 aromatic carbocycles. The fourth-order valence-corrected chi connectivity index (χ4v) is 4.36.